The minimum atomic E-state index is 0. The predicted molar refractivity (Wildman–Crippen MR) is 25.6 cm³/mol. The summed E-state index contributed by atoms with van der Waals surface area (Å²) in [4.78, 5) is 0. The van der Waals surface area contributed by atoms with Gasteiger partial charge < -0.3 is 0 Å². The van der Waals surface area contributed by atoms with E-state index in [0.29, 0.717) is 0 Å². The van der Waals surface area contributed by atoms with E-state index in [9.17, 15) is 0 Å². The molecule has 25 valence electrons. The van der Waals surface area contributed by atoms with E-state index in [1.54, 1.807) is 0 Å². The van der Waals surface area contributed by atoms with Gasteiger partial charge in [0.15, 0.2) is 17.4 Å². The van der Waals surface area contributed by atoms with Crippen molar-refractivity contribution in [2.24, 2.45) is 0 Å². The Morgan fingerprint density at radius 1 is 1.00 bits per heavy atom. The molecule has 0 amide bonds. The molecule has 0 atom stereocenters. The fourth-order valence-electron chi connectivity index (χ4n) is 0. The van der Waals surface area contributed by atoms with Gasteiger partial charge in [-0.1, -0.05) is 0 Å². The maximum Gasteiger partial charge on any atom is 0 e. The van der Waals surface area contributed by atoms with Gasteiger partial charge in [0.25, 0.3) is 0 Å². The second-order valence-corrected chi connectivity index (χ2v) is 0. The Hall–Kier alpha value is 2.86. The van der Waals surface area contributed by atoms with Crippen LogP contribution < -0.4 is 0 Å². The van der Waals surface area contributed by atoms with Crippen LogP contribution in [0.4, 0.5) is 0 Å². The van der Waals surface area contributed by atoms with E-state index < -0.39 is 0 Å². The molecule has 0 rings (SSSR count). The zero-order chi connectivity index (χ0) is 0. The largest absolute Gasteiger partial charge is 0 e. The molecule has 0 aliphatic rings. The molecule has 0 nitrogen and oxygen atoms in total. The third-order valence-corrected chi connectivity index (χ3v) is 0. The van der Waals surface area contributed by atoms with Crippen LogP contribution in [-0.2, 0) is 17.1 Å². The summed E-state index contributed by atoms with van der Waals surface area (Å²) in [6.45, 7) is 0. The SMILES string of the molecule is [AlH3].[BiH3].[Fe].[Tl]. The Morgan fingerprint density at radius 3 is 1.00 bits per heavy atom. The summed E-state index contributed by atoms with van der Waals surface area (Å²) in [5, 5.41) is 0. The number of hydrogen-bond donors (Lipinski definition) is 0. The summed E-state index contributed by atoms with van der Waals surface area (Å²) in [7, 11) is 0. The van der Waals surface area contributed by atoms with E-state index >= 15 is 0 Å². The molecule has 0 bridgehead atoms. The summed E-state index contributed by atoms with van der Waals surface area (Å²) in [5.74, 6) is 0. The van der Waals surface area contributed by atoms with Crippen molar-refractivity contribution in [3.63, 3.8) is 0 Å². The first-order chi connectivity index (χ1) is 0. The zero-order valence-electron chi connectivity index (χ0n) is 1.64. The Labute approximate surface area is 86.4 Å². The Balaban J connectivity index is 0. The van der Waals surface area contributed by atoms with E-state index in [2.05, 4.69) is 0 Å². The summed E-state index contributed by atoms with van der Waals surface area (Å²) >= 11 is 0. The van der Waals surface area contributed by atoms with Gasteiger partial charge in [-0.3, -0.25) is 0 Å². The van der Waals surface area contributed by atoms with Crippen LogP contribution >= 0.6 is 0 Å². The molecule has 4 heteroatoms. The molecular formula is H6AlBiFeTl. The first kappa shape index (κ1) is 28.8. The van der Waals surface area contributed by atoms with E-state index in [0.717, 1.165) is 0 Å². The monoisotopic (exact) mass is 503 g/mol. The van der Waals surface area contributed by atoms with Gasteiger partial charge in [-0.15, -0.1) is 0 Å². The maximum absolute atomic E-state index is 0. The van der Waals surface area contributed by atoms with Crippen LogP contribution in [0.25, 0.3) is 0 Å². The second kappa shape index (κ2) is 16.9. The molecule has 1 radical (unpaired) electrons. The van der Waals surface area contributed by atoms with E-state index in [-0.39, 0.29) is 87.9 Å². The van der Waals surface area contributed by atoms with Gasteiger partial charge in [0.05, 0.1) is 0 Å². The van der Waals surface area contributed by atoms with Crippen molar-refractivity contribution in [3.8, 4) is 0 Å². The average molecular weight is 502 g/mol. The molecule has 0 aromatic carbocycles. The van der Waals surface area contributed by atoms with Crippen molar-refractivity contribution in [1.82, 2.24) is 0 Å². The topological polar surface area (TPSA) is 0 Å². The van der Waals surface area contributed by atoms with Gasteiger partial charge in [-0.05, 0) is 0 Å². The fraction of sp³-hybridized carbons (Fsp3) is 0. The third kappa shape index (κ3) is 8.85. The van der Waals surface area contributed by atoms with Crippen molar-refractivity contribution in [2.75, 3.05) is 0 Å². The maximum atomic E-state index is 0. The van der Waals surface area contributed by atoms with Crippen LogP contribution in [0.1, 0.15) is 0 Å². The summed E-state index contributed by atoms with van der Waals surface area (Å²) in [5.41, 5.74) is 0. The summed E-state index contributed by atoms with van der Waals surface area (Å²) < 4.78 is 0. The molecule has 0 saturated carbocycles. The smallest absolute Gasteiger partial charge is 0 e. The summed E-state index contributed by atoms with van der Waals surface area (Å²) in [6.07, 6.45) is 0. The molecule has 0 aromatic rings. The van der Waals surface area contributed by atoms with Gasteiger partial charge in [0, 0.05) is 44.4 Å². The van der Waals surface area contributed by atoms with Crippen molar-refractivity contribution < 1.29 is 17.1 Å². The van der Waals surface area contributed by atoms with Crippen LogP contribution in [0.15, 0.2) is 0 Å². The molecule has 0 spiro atoms. The fourth-order valence-corrected chi connectivity index (χ4v) is 0. The minimum absolute atomic E-state index is 0. The van der Waals surface area contributed by atoms with E-state index in [1.165, 1.54) is 0 Å². The van der Waals surface area contributed by atoms with Gasteiger partial charge in [-0.25, -0.2) is 0 Å². The van der Waals surface area contributed by atoms with Crippen molar-refractivity contribution in [1.29, 1.82) is 0 Å². The normalized spacial score (nSPS) is 0. The minimum Gasteiger partial charge on any atom is 0 e. The zero-order valence-corrected chi connectivity index (χ0v) is 12.7. The van der Waals surface area contributed by atoms with Crippen LogP contribution in [0.3, 0.4) is 0 Å². The van der Waals surface area contributed by atoms with E-state index in [1.807, 2.05) is 0 Å². The quantitative estimate of drug-likeness (QED) is 0.316. The molecule has 0 N–H and O–H groups in total. The van der Waals surface area contributed by atoms with Gasteiger partial charge in [0.2, 0.25) is 0 Å². The molecule has 0 aliphatic heterocycles. The van der Waals surface area contributed by atoms with Gasteiger partial charge in [0.1, 0.15) is 0 Å². The van der Waals surface area contributed by atoms with Crippen molar-refractivity contribution >= 4 is 70.9 Å². The number of hydrogen-bond acceptors (Lipinski definition) is 0. The molecular weight excluding hydrogens is 496 g/mol. The molecule has 0 aliphatic carbocycles. The molecule has 0 saturated heterocycles. The van der Waals surface area contributed by atoms with Crippen LogP contribution in [0, 0.1) is 0 Å². The van der Waals surface area contributed by atoms with Gasteiger partial charge >= 0.3 is 26.2 Å². The van der Waals surface area contributed by atoms with Crippen LogP contribution in [-0.4, -0.2) is 70.9 Å². The Bertz CT molecular complexity index is 8.00. The van der Waals surface area contributed by atoms with Crippen LogP contribution in [0.2, 0.25) is 0 Å². The van der Waals surface area contributed by atoms with Crippen molar-refractivity contribution in [2.45, 2.75) is 0 Å². The molecule has 4 heavy (non-hydrogen) atoms. The Kier molecular flexibility index (Phi) is 122. The standard InChI is InChI=1S/Al.Bi.Fe.Tl.6H. The third-order valence-electron chi connectivity index (χ3n) is 0. The molecule has 0 fully saturated rings. The van der Waals surface area contributed by atoms with Crippen molar-refractivity contribution in [3.05, 3.63) is 0 Å². The Morgan fingerprint density at radius 2 is 1.00 bits per heavy atom. The second-order valence-electron chi connectivity index (χ2n) is 0. The van der Waals surface area contributed by atoms with E-state index in [4.69, 9.17) is 0 Å². The van der Waals surface area contributed by atoms with Gasteiger partial charge in [-0.2, -0.15) is 0 Å². The number of rotatable bonds is 0. The first-order valence-corrected chi connectivity index (χ1v) is 0. The van der Waals surface area contributed by atoms with Crippen LogP contribution in [0.5, 0.6) is 0 Å². The molecule has 0 unspecified atom stereocenters. The first-order valence-electron chi connectivity index (χ1n) is 0. The average Bonchev–Trinajstić information content (AvgIpc) is 0. The summed E-state index contributed by atoms with van der Waals surface area (Å²) in [6, 6.07) is 0. The molecule has 0 heterocycles. The molecule has 0 aromatic heterocycles. The predicted octanol–water partition coefficient (Wildman–Crippen LogP) is -2.75.